The van der Waals surface area contributed by atoms with Crippen LogP contribution in [0.2, 0.25) is 0 Å². The highest BCUT2D eigenvalue weighted by atomic mass is 32.1. The minimum Gasteiger partial charge on any atom is -0.352 e. The maximum Gasteiger partial charge on any atom is 0.252 e. The fraction of sp³-hybridized carbons (Fsp3) is 0.176. The molecule has 1 amide bonds. The lowest BCUT2D eigenvalue weighted by Gasteiger charge is -2.04. The van der Waals surface area contributed by atoms with Crippen LogP contribution in [0, 0.1) is 12.9 Å². The van der Waals surface area contributed by atoms with E-state index in [0.29, 0.717) is 24.1 Å². The highest BCUT2D eigenvalue weighted by molar-refractivity contribution is 7.09. The number of hydrogen-bond acceptors (Lipinski definition) is 5. The molecule has 24 heavy (non-hydrogen) atoms. The van der Waals surface area contributed by atoms with Gasteiger partial charge in [0, 0.05) is 36.3 Å². The fourth-order valence-electron chi connectivity index (χ4n) is 2.12. The molecular formula is C17H15FN4OS. The summed E-state index contributed by atoms with van der Waals surface area (Å²) < 4.78 is 13.1. The van der Waals surface area contributed by atoms with Gasteiger partial charge in [0.15, 0.2) is 0 Å². The Kier molecular flexibility index (Phi) is 4.90. The SMILES string of the molecule is Cc1cc(C(=O)NCCc2nc(-c3ccccn3)cs2)cnc1F. The first kappa shape index (κ1) is 16.2. The fourth-order valence-corrected chi connectivity index (χ4v) is 2.92. The van der Waals surface area contributed by atoms with Crippen molar-refractivity contribution in [3.8, 4) is 11.4 Å². The van der Waals surface area contributed by atoms with Gasteiger partial charge in [-0.15, -0.1) is 11.3 Å². The van der Waals surface area contributed by atoms with Gasteiger partial charge in [-0.1, -0.05) is 6.07 Å². The van der Waals surface area contributed by atoms with Gasteiger partial charge in [0.05, 0.1) is 22.0 Å². The van der Waals surface area contributed by atoms with Gasteiger partial charge in [-0.05, 0) is 25.1 Å². The van der Waals surface area contributed by atoms with Crippen molar-refractivity contribution in [1.82, 2.24) is 20.3 Å². The summed E-state index contributed by atoms with van der Waals surface area (Å²) >= 11 is 1.53. The Morgan fingerprint density at radius 1 is 1.29 bits per heavy atom. The second kappa shape index (κ2) is 7.27. The summed E-state index contributed by atoms with van der Waals surface area (Å²) in [6.45, 7) is 2.03. The second-order valence-electron chi connectivity index (χ2n) is 5.18. The molecule has 7 heteroatoms. The lowest BCUT2D eigenvalue weighted by molar-refractivity contribution is 0.0953. The molecule has 122 valence electrons. The number of carbonyl (C=O) groups excluding carboxylic acids is 1. The Morgan fingerprint density at radius 2 is 2.17 bits per heavy atom. The van der Waals surface area contributed by atoms with Gasteiger partial charge in [0.2, 0.25) is 5.95 Å². The predicted molar refractivity (Wildman–Crippen MR) is 90.3 cm³/mol. The van der Waals surface area contributed by atoms with E-state index in [2.05, 4.69) is 20.3 Å². The monoisotopic (exact) mass is 342 g/mol. The van der Waals surface area contributed by atoms with Crippen molar-refractivity contribution in [2.75, 3.05) is 6.54 Å². The van der Waals surface area contributed by atoms with Crippen LogP contribution in [-0.4, -0.2) is 27.4 Å². The molecule has 0 radical (unpaired) electrons. The molecule has 0 saturated heterocycles. The van der Waals surface area contributed by atoms with Crippen molar-refractivity contribution in [2.45, 2.75) is 13.3 Å². The molecule has 3 aromatic heterocycles. The molecule has 0 unspecified atom stereocenters. The minimum absolute atomic E-state index is 0.271. The topological polar surface area (TPSA) is 67.8 Å². The van der Waals surface area contributed by atoms with Crippen molar-refractivity contribution in [1.29, 1.82) is 0 Å². The summed E-state index contributed by atoms with van der Waals surface area (Å²) in [7, 11) is 0. The Balaban J connectivity index is 1.56. The Bertz CT molecular complexity index is 851. The van der Waals surface area contributed by atoms with Crippen LogP contribution in [0.4, 0.5) is 4.39 Å². The highest BCUT2D eigenvalue weighted by Gasteiger charge is 2.09. The van der Waals surface area contributed by atoms with Gasteiger partial charge < -0.3 is 5.32 Å². The number of rotatable bonds is 5. The van der Waals surface area contributed by atoms with Crippen LogP contribution in [0.25, 0.3) is 11.4 Å². The van der Waals surface area contributed by atoms with Crippen LogP contribution < -0.4 is 5.32 Å². The average Bonchev–Trinajstić information content (AvgIpc) is 3.07. The molecule has 0 bridgehead atoms. The number of amides is 1. The molecule has 0 fully saturated rings. The van der Waals surface area contributed by atoms with Crippen LogP contribution >= 0.6 is 11.3 Å². The van der Waals surface area contributed by atoms with Crippen LogP contribution in [0.3, 0.4) is 0 Å². The van der Waals surface area contributed by atoms with E-state index in [1.807, 2.05) is 23.6 Å². The van der Waals surface area contributed by atoms with Crippen LogP contribution in [0.15, 0.2) is 42.0 Å². The van der Waals surface area contributed by atoms with Crippen molar-refractivity contribution in [3.05, 3.63) is 64.1 Å². The zero-order chi connectivity index (χ0) is 16.9. The zero-order valence-electron chi connectivity index (χ0n) is 13.0. The van der Waals surface area contributed by atoms with Crippen molar-refractivity contribution < 1.29 is 9.18 Å². The summed E-state index contributed by atoms with van der Waals surface area (Å²) in [5.74, 6) is -0.830. The summed E-state index contributed by atoms with van der Waals surface area (Å²) in [5.41, 5.74) is 2.36. The molecule has 3 heterocycles. The number of thiazole rings is 1. The molecule has 0 aliphatic carbocycles. The van der Waals surface area contributed by atoms with E-state index in [9.17, 15) is 9.18 Å². The highest BCUT2D eigenvalue weighted by Crippen LogP contribution is 2.19. The van der Waals surface area contributed by atoms with E-state index in [-0.39, 0.29) is 5.91 Å². The third-order valence-corrected chi connectivity index (χ3v) is 4.29. The van der Waals surface area contributed by atoms with E-state index in [1.165, 1.54) is 23.6 Å². The average molecular weight is 342 g/mol. The predicted octanol–water partition coefficient (Wildman–Crippen LogP) is 3.02. The number of halogens is 1. The molecule has 3 aromatic rings. The van der Waals surface area contributed by atoms with Crippen molar-refractivity contribution in [3.63, 3.8) is 0 Å². The number of nitrogens with zero attached hydrogens (tertiary/aromatic N) is 3. The molecule has 0 aliphatic heterocycles. The van der Waals surface area contributed by atoms with E-state index < -0.39 is 5.95 Å². The third-order valence-electron chi connectivity index (χ3n) is 3.38. The lowest BCUT2D eigenvalue weighted by atomic mass is 10.2. The molecular weight excluding hydrogens is 327 g/mol. The van der Waals surface area contributed by atoms with Gasteiger partial charge in [-0.2, -0.15) is 4.39 Å². The lowest BCUT2D eigenvalue weighted by Crippen LogP contribution is -2.26. The van der Waals surface area contributed by atoms with E-state index in [0.717, 1.165) is 16.4 Å². The molecule has 0 aliphatic rings. The largest absolute Gasteiger partial charge is 0.352 e. The Morgan fingerprint density at radius 3 is 2.92 bits per heavy atom. The number of carbonyl (C=O) groups is 1. The van der Waals surface area contributed by atoms with Gasteiger partial charge in [-0.3, -0.25) is 9.78 Å². The van der Waals surface area contributed by atoms with E-state index >= 15 is 0 Å². The maximum absolute atomic E-state index is 13.1. The van der Waals surface area contributed by atoms with Crippen LogP contribution in [0.5, 0.6) is 0 Å². The number of aromatic nitrogens is 3. The normalized spacial score (nSPS) is 10.6. The quantitative estimate of drug-likeness (QED) is 0.724. The summed E-state index contributed by atoms with van der Waals surface area (Å²) in [6.07, 6.45) is 3.59. The minimum atomic E-state index is -0.559. The number of hydrogen-bond donors (Lipinski definition) is 1. The first-order chi connectivity index (χ1) is 11.6. The Labute approximate surface area is 142 Å². The molecule has 0 saturated carbocycles. The van der Waals surface area contributed by atoms with Crippen molar-refractivity contribution in [2.24, 2.45) is 0 Å². The Hall–Kier alpha value is -2.67. The van der Waals surface area contributed by atoms with E-state index in [1.54, 1.807) is 13.1 Å². The van der Waals surface area contributed by atoms with Crippen LogP contribution in [0.1, 0.15) is 20.9 Å². The number of nitrogens with one attached hydrogen (secondary N) is 1. The number of aryl methyl sites for hydroxylation is 1. The molecule has 0 atom stereocenters. The van der Waals surface area contributed by atoms with Gasteiger partial charge >= 0.3 is 0 Å². The van der Waals surface area contributed by atoms with Gasteiger partial charge in [0.25, 0.3) is 5.91 Å². The van der Waals surface area contributed by atoms with Gasteiger partial charge in [-0.25, -0.2) is 9.97 Å². The zero-order valence-corrected chi connectivity index (χ0v) is 13.8. The summed E-state index contributed by atoms with van der Waals surface area (Å²) in [4.78, 5) is 24.4. The van der Waals surface area contributed by atoms with E-state index in [4.69, 9.17) is 0 Å². The van der Waals surface area contributed by atoms with Crippen LogP contribution in [-0.2, 0) is 6.42 Å². The molecule has 0 spiro atoms. The second-order valence-corrected chi connectivity index (χ2v) is 6.12. The summed E-state index contributed by atoms with van der Waals surface area (Å²) in [5, 5.41) is 5.66. The first-order valence-electron chi connectivity index (χ1n) is 7.39. The summed E-state index contributed by atoms with van der Waals surface area (Å²) in [6, 6.07) is 7.17. The third kappa shape index (κ3) is 3.80. The number of pyridine rings is 2. The molecule has 0 aromatic carbocycles. The smallest absolute Gasteiger partial charge is 0.252 e. The molecule has 1 N–H and O–H groups in total. The van der Waals surface area contributed by atoms with Crippen molar-refractivity contribution >= 4 is 17.2 Å². The maximum atomic E-state index is 13.1. The molecule has 5 nitrogen and oxygen atoms in total. The molecule has 3 rings (SSSR count). The standard InChI is InChI=1S/C17H15FN4OS/c1-11-8-12(9-21-16(11)18)17(23)20-7-5-15-22-14(10-24-15)13-4-2-3-6-19-13/h2-4,6,8-10H,5,7H2,1H3,(H,20,23). The first-order valence-corrected chi connectivity index (χ1v) is 8.27. The van der Waals surface area contributed by atoms with Gasteiger partial charge in [0.1, 0.15) is 0 Å².